The van der Waals surface area contributed by atoms with Crippen LogP contribution in [-0.2, 0) is 26.0 Å². The number of carbonyl (C=O) groups is 3. The molecule has 2 aromatic carbocycles. The second-order valence-electron chi connectivity index (χ2n) is 8.89. The molecule has 2 heterocycles. The Hall–Kier alpha value is -4.00. The van der Waals surface area contributed by atoms with Crippen LogP contribution in [0.2, 0.25) is 0 Å². The van der Waals surface area contributed by atoms with Gasteiger partial charge in [0, 0.05) is 13.1 Å². The molecule has 2 saturated heterocycles. The zero-order valence-electron chi connectivity index (χ0n) is 21.0. The minimum Gasteiger partial charge on any atom is -0.493 e. The van der Waals surface area contributed by atoms with E-state index in [-0.39, 0.29) is 5.69 Å². The SMILES string of the molecule is COc1ccc([C@@]2(C)NC(=O)N(CC(=O)Nc3cc(C(F)(F)F)ccc3N3CCOCC3)C2=O)cc1OC. The van der Waals surface area contributed by atoms with Gasteiger partial charge in [0.05, 0.1) is 44.4 Å². The summed E-state index contributed by atoms with van der Waals surface area (Å²) < 4.78 is 56.0. The average Bonchev–Trinajstić information content (AvgIpc) is 3.11. The number of rotatable bonds is 7. The van der Waals surface area contributed by atoms with Crippen LogP contribution >= 0.6 is 0 Å². The molecule has 2 aromatic rings. The van der Waals surface area contributed by atoms with Crippen molar-refractivity contribution in [1.82, 2.24) is 10.2 Å². The van der Waals surface area contributed by atoms with Gasteiger partial charge in [-0.05, 0) is 42.8 Å². The van der Waals surface area contributed by atoms with Crippen molar-refractivity contribution in [2.75, 3.05) is 57.3 Å². The molecule has 4 amide bonds. The Morgan fingerprint density at radius 1 is 1.08 bits per heavy atom. The maximum atomic E-state index is 13.4. The molecule has 0 unspecified atom stereocenters. The number of alkyl halides is 3. The standard InChI is InChI=1S/C25H27F3N4O6/c1-24(15-5-7-19(36-2)20(13-15)37-3)22(34)32(23(35)30-24)14-21(33)29-17-12-16(25(26,27)28)4-6-18(17)31-8-10-38-11-9-31/h4-7,12-13H,8-11,14H2,1-3H3,(H,29,33)(H,30,35)/t24-/m1/s1. The monoisotopic (exact) mass is 536 g/mol. The predicted molar refractivity (Wildman–Crippen MR) is 130 cm³/mol. The lowest BCUT2D eigenvalue weighted by molar-refractivity contribution is -0.137. The number of morpholine rings is 1. The molecule has 0 radical (unpaired) electrons. The summed E-state index contributed by atoms with van der Waals surface area (Å²) in [5.74, 6) is -0.782. The van der Waals surface area contributed by atoms with Crippen LogP contribution in [0.15, 0.2) is 36.4 Å². The van der Waals surface area contributed by atoms with E-state index in [1.54, 1.807) is 17.0 Å². The predicted octanol–water partition coefficient (Wildman–Crippen LogP) is 2.96. The fourth-order valence-electron chi connectivity index (χ4n) is 4.41. The van der Waals surface area contributed by atoms with Crippen LogP contribution in [0.5, 0.6) is 11.5 Å². The van der Waals surface area contributed by atoms with E-state index >= 15 is 0 Å². The van der Waals surface area contributed by atoms with Crippen molar-refractivity contribution >= 4 is 29.2 Å². The van der Waals surface area contributed by atoms with Gasteiger partial charge in [0.2, 0.25) is 5.91 Å². The van der Waals surface area contributed by atoms with Crippen LogP contribution in [0.3, 0.4) is 0 Å². The van der Waals surface area contributed by atoms with Crippen molar-refractivity contribution in [2.45, 2.75) is 18.6 Å². The van der Waals surface area contributed by atoms with Crippen LogP contribution in [0.1, 0.15) is 18.1 Å². The lowest BCUT2D eigenvalue weighted by Gasteiger charge is -2.31. The third kappa shape index (κ3) is 5.19. The molecule has 10 nitrogen and oxygen atoms in total. The zero-order valence-corrected chi connectivity index (χ0v) is 21.0. The summed E-state index contributed by atoms with van der Waals surface area (Å²) in [7, 11) is 2.88. The number of benzene rings is 2. The lowest BCUT2D eigenvalue weighted by Crippen LogP contribution is -2.42. The van der Waals surface area contributed by atoms with Crippen molar-refractivity contribution in [3.63, 3.8) is 0 Å². The number of carbonyl (C=O) groups excluding carboxylic acids is 3. The van der Waals surface area contributed by atoms with Crippen LogP contribution in [0, 0.1) is 0 Å². The second-order valence-corrected chi connectivity index (χ2v) is 8.89. The molecule has 2 aliphatic rings. The quantitative estimate of drug-likeness (QED) is 0.524. The highest BCUT2D eigenvalue weighted by molar-refractivity contribution is 6.10. The average molecular weight is 537 g/mol. The maximum absolute atomic E-state index is 13.4. The Labute approximate surface area is 216 Å². The molecule has 4 rings (SSSR count). The molecule has 204 valence electrons. The van der Waals surface area contributed by atoms with Crippen molar-refractivity contribution in [2.24, 2.45) is 0 Å². The van der Waals surface area contributed by atoms with E-state index in [2.05, 4.69) is 10.6 Å². The molecule has 13 heteroatoms. The highest BCUT2D eigenvalue weighted by Crippen LogP contribution is 2.37. The second kappa shape index (κ2) is 10.4. The first-order chi connectivity index (χ1) is 18.0. The summed E-state index contributed by atoms with van der Waals surface area (Å²) in [5, 5.41) is 5.04. The third-order valence-corrected chi connectivity index (χ3v) is 6.49. The smallest absolute Gasteiger partial charge is 0.416 e. The number of imide groups is 1. The summed E-state index contributed by atoms with van der Waals surface area (Å²) in [5.41, 5.74) is -1.76. The number of halogens is 3. The first-order valence-corrected chi connectivity index (χ1v) is 11.7. The van der Waals surface area contributed by atoms with Gasteiger partial charge in [-0.15, -0.1) is 0 Å². The maximum Gasteiger partial charge on any atom is 0.416 e. The Morgan fingerprint density at radius 2 is 1.76 bits per heavy atom. The molecule has 0 bridgehead atoms. The number of nitrogens with one attached hydrogen (secondary N) is 2. The Kier molecular flexibility index (Phi) is 7.40. The van der Waals surface area contributed by atoms with E-state index < -0.39 is 41.7 Å². The largest absolute Gasteiger partial charge is 0.493 e. The molecule has 2 fully saturated rings. The summed E-state index contributed by atoms with van der Waals surface area (Å²) in [4.78, 5) is 41.5. The highest BCUT2D eigenvalue weighted by Gasteiger charge is 2.49. The minimum atomic E-state index is -4.63. The van der Waals surface area contributed by atoms with Gasteiger partial charge >= 0.3 is 12.2 Å². The zero-order chi connectivity index (χ0) is 27.7. The van der Waals surface area contributed by atoms with Gasteiger partial charge in [-0.3, -0.25) is 14.5 Å². The minimum absolute atomic E-state index is 0.0820. The van der Waals surface area contributed by atoms with Crippen molar-refractivity contribution in [3.8, 4) is 11.5 Å². The molecule has 38 heavy (non-hydrogen) atoms. The number of amides is 4. The van der Waals surface area contributed by atoms with Gasteiger partial charge in [0.1, 0.15) is 12.1 Å². The van der Waals surface area contributed by atoms with E-state index in [4.69, 9.17) is 14.2 Å². The summed E-state index contributed by atoms with van der Waals surface area (Å²) in [6.45, 7) is 2.38. The number of urea groups is 1. The Balaban J connectivity index is 1.56. The number of methoxy groups -OCH3 is 2. The van der Waals surface area contributed by atoms with Crippen molar-refractivity contribution in [3.05, 3.63) is 47.5 Å². The Bertz CT molecular complexity index is 1250. The van der Waals surface area contributed by atoms with Crippen LogP contribution in [0.4, 0.5) is 29.3 Å². The highest BCUT2D eigenvalue weighted by atomic mass is 19.4. The summed E-state index contributed by atoms with van der Waals surface area (Å²) >= 11 is 0. The van der Waals surface area contributed by atoms with Gasteiger partial charge in [-0.1, -0.05) is 6.07 Å². The molecular weight excluding hydrogens is 509 g/mol. The van der Waals surface area contributed by atoms with E-state index in [0.717, 1.165) is 12.1 Å². The first-order valence-electron chi connectivity index (χ1n) is 11.7. The van der Waals surface area contributed by atoms with Crippen molar-refractivity contribution in [1.29, 1.82) is 0 Å². The fraction of sp³-hybridized carbons (Fsp3) is 0.400. The third-order valence-electron chi connectivity index (χ3n) is 6.49. The van der Waals surface area contributed by atoms with E-state index in [0.29, 0.717) is 54.0 Å². The van der Waals surface area contributed by atoms with Gasteiger partial charge in [0.25, 0.3) is 5.91 Å². The van der Waals surface area contributed by atoms with E-state index in [9.17, 15) is 27.6 Å². The van der Waals surface area contributed by atoms with Gasteiger partial charge in [-0.25, -0.2) is 4.79 Å². The number of hydrogen-bond acceptors (Lipinski definition) is 7. The molecule has 0 aliphatic carbocycles. The molecule has 0 aromatic heterocycles. The van der Waals surface area contributed by atoms with Crippen LogP contribution in [0.25, 0.3) is 0 Å². The van der Waals surface area contributed by atoms with Crippen LogP contribution < -0.4 is 25.0 Å². The fourth-order valence-corrected chi connectivity index (χ4v) is 4.41. The van der Waals surface area contributed by atoms with Crippen LogP contribution in [-0.4, -0.2) is 69.8 Å². The number of ether oxygens (including phenoxy) is 3. The first kappa shape index (κ1) is 27.0. The number of anilines is 2. The number of nitrogens with zero attached hydrogens (tertiary/aromatic N) is 2. The summed E-state index contributed by atoms with van der Waals surface area (Å²) in [6, 6.07) is 6.94. The van der Waals surface area contributed by atoms with Gasteiger partial charge in [0.15, 0.2) is 11.5 Å². The summed E-state index contributed by atoms with van der Waals surface area (Å²) in [6.07, 6.45) is -4.63. The van der Waals surface area contributed by atoms with E-state index in [1.807, 2.05) is 0 Å². The molecule has 0 spiro atoms. The molecule has 2 N–H and O–H groups in total. The van der Waals surface area contributed by atoms with E-state index in [1.165, 1.54) is 33.3 Å². The molecule has 1 atom stereocenters. The molecular formula is C25H27F3N4O6. The Morgan fingerprint density at radius 3 is 2.39 bits per heavy atom. The lowest BCUT2D eigenvalue weighted by atomic mass is 9.91. The van der Waals surface area contributed by atoms with Crippen molar-refractivity contribution < 1.29 is 41.8 Å². The van der Waals surface area contributed by atoms with Gasteiger partial charge in [-0.2, -0.15) is 13.2 Å². The van der Waals surface area contributed by atoms with Gasteiger partial charge < -0.3 is 29.7 Å². The topological polar surface area (TPSA) is 109 Å². The number of hydrogen-bond donors (Lipinski definition) is 2. The molecule has 2 aliphatic heterocycles. The normalized spacial score (nSPS) is 19.8. The molecule has 0 saturated carbocycles.